The lowest BCUT2D eigenvalue weighted by Gasteiger charge is -2.27. The van der Waals surface area contributed by atoms with Gasteiger partial charge in [0, 0.05) is 13.5 Å². The Morgan fingerprint density at radius 2 is 1.56 bits per heavy atom. The van der Waals surface area contributed by atoms with Crippen molar-refractivity contribution in [3.8, 4) is 0 Å². The zero-order valence-electron chi connectivity index (χ0n) is 21.2. The van der Waals surface area contributed by atoms with E-state index in [1.807, 2.05) is 66.7 Å². The van der Waals surface area contributed by atoms with E-state index in [0.29, 0.717) is 11.3 Å². The Kier molecular flexibility index (Phi) is 8.53. The molecule has 0 bridgehead atoms. The van der Waals surface area contributed by atoms with Crippen LogP contribution in [-0.4, -0.2) is 44.0 Å². The van der Waals surface area contributed by atoms with Crippen LogP contribution in [0.2, 0.25) is 0 Å². The SMILES string of the molecule is COC(=O)[C@@H](Cc1cc2ccccc2cc1N(C)C(=O)OC(C)(C)C)NC(=O)OCc1ccccc1. The molecular weight excluding hydrogens is 460 g/mol. The number of amides is 2. The van der Waals surface area contributed by atoms with Crippen LogP contribution in [0, 0.1) is 0 Å². The number of rotatable bonds is 7. The summed E-state index contributed by atoms with van der Waals surface area (Å²) in [5, 5.41) is 4.43. The molecule has 36 heavy (non-hydrogen) atoms. The summed E-state index contributed by atoms with van der Waals surface area (Å²) < 4.78 is 15.8. The van der Waals surface area contributed by atoms with Crippen molar-refractivity contribution in [2.75, 3.05) is 19.1 Å². The third kappa shape index (κ3) is 7.21. The van der Waals surface area contributed by atoms with Crippen LogP contribution in [0.1, 0.15) is 31.9 Å². The van der Waals surface area contributed by atoms with Crippen molar-refractivity contribution in [3.05, 3.63) is 77.9 Å². The molecule has 0 aliphatic carbocycles. The van der Waals surface area contributed by atoms with E-state index in [0.717, 1.165) is 16.3 Å². The number of carbonyl (C=O) groups excluding carboxylic acids is 3. The molecule has 1 N–H and O–H groups in total. The molecule has 2 amide bonds. The molecule has 8 nitrogen and oxygen atoms in total. The first-order valence-electron chi connectivity index (χ1n) is 11.6. The number of nitrogens with one attached hydrogen (secondary N) is 1. The molecule has 0 aliphatic rings. The number of esters is 1. The van der Waals surface area contributed by atoms with Gasteiger partial charge in [-0.2, -0.15) is 0 Å². The van der Waals surface area contributed by atoms with Gasteiger partial charge in [0.15, 0.2) is 0 Å². The fraction of sp³-hybridized carbons (Fsp3) is 0.321. The van der Waals surface area contributed by atoms with E-state index in [9.17, 15) is 14.4 Å². The summed E-state index contributed by atoms with van der Waals surface area (Å²) in [6.45, 7) is 5.43. The molecule has 8 heteroatoms. The van der Waals surface area contributed by atoms with Gasteiger partial charge in [0.2, 0.25) is 0 Å². The number of methoxy groups -OCH3 is 1. The molecule has 0 fully saturated rings. The number of nitrogens with zero attached hydrogens (tertiary/aromatic N) is 1. The molecule has 3 aromatic carbocycles. The largest absolute Gasteiger partial charge is 0.467 e. The molecule has 3 rings (SSSR count). The van der Waals surface area contributed by atoms with Gasteiger partial charge in [-0.1, -0.05) is 54.6 Å². The zero-order chi connectivity index (χ0) is 26.3. The molecule has 0 saturated heterocycles. The number of fused-ring (bicyclic) bond motifs is 1. The van der Waals surface area contributed by atoms with Crippen molar-refractivity contribution in [2.24, 2.45) is 0 Å². The van der Waals surface area contributed by atoms with Gasteiger partial charge in [0.1, 0.15) is 18.2 Å². The Morgan fingerprint density at radius 1 is 0.944 bits per heavy atom. The maximum absolute atomic E-state index is 12.8. The number of carbonyl (C=O) groups is 3. The fourth-order valence-electron chi connectivity index (χ4n) is 3.64. The molecule has 190 valence electrons. The number of hydrogen-bond acceptors (Lipinski definition) is 6. The van der Waals surface area contributed by atoms with Gasteiger partial charge in [-0.3, -0.25) is 4.90 Å². The summed E-state index contributed by atoms with van der Waals surface area (Å²) in [6, 6.07) is 19.6. The Labute approximate surface area is 211 Å². The topological polar surface area (TPSA) is 94.2 Å². The third-order valence-corrected chi connectivity index (χ3v) is 5.39. The van der Waals surface area contributed by atoms with Crippen LogP contribution < -0.4 is 10.2 Å². The van der Waals surface area contributed by atoms with E-state index in [1.54, 1.807) is 27.8 Å². The first-order valence-corrected chi connectivity index (χ1v) is 11.6. The van der Waals surface area contributed by atoms with E-state index in [1.165, 1.54) is 12.0 Å². The van der Waals surface area contributed by atoms with E-state index < -0.39 is 29.8 Å². The monoisotopic (exact) mass is 492 g/mol. The van der Waals surface area contributed by atoms with Crippen molar-refractivity contribution in [1.82, 2.24) is 5.32 Å². The average Bonchev–Trinajstić information content (AvgIpc) is 2.85. The second kappa shape index (κ2) is 11.6. The van der Waals surface area contributed by atoms with Gasteiger partial charge < -0.3 is 19.5 Å². The molecule has 1 atom stereocenters. The van der Waals surface area contributed by atoms with Crippen molar-refractivity contribution in [1.29, 1.82) is 0 Å². The predicted octanol–water partition coefficient (Wildman–Crippen LogP) is 5.22. The van der Waals surface area contributed by atoms with Crippen LogP contribution in [-0.2, 0) is 32.0 Å². The van der Waals surface area contributed by atoms with Crippen molar-refractivity contribution in [3.63, 3.8) is 0 Å². The molecule has 0 aliphatic heterocycles. The molecular formula is C28H32N2O6. The standard InChI is InChI=1S/C28H32N2O6/c1-28(2,3)36-27(33)30(4)24-17-21-14-10-9-13-20(21)15-22(24)16-23(25(31)34-5)29-26(32)35-18-19-11-7-6-8-12-19/h6-15,17,23H,16,18H2,1-5H3,(H,29,32)/t23-/m1/s1. The molecule has 3 aromatic rings. The lowest BCUT2D eigenvalue weighted by molar-refractivity contribution is -0.143. The van der Waals surface area contributed by atoms with Gasteiger partial charge >= 0.3 is 18.2 Å². The zero-order valence-corrected chi connectivity index (χ0v) is 21.2. The van der Waals surface area contributed by atoms with Crippen molar-refractivity contribution in [2.45, 2.75) is 45.4 Å². The summed E-state index contributed by atoms with van der Waals surface area (Å²) in [4.78, 5) is 39.3. The number of hydrogen-bond donors (Lipinski definition) is 1. The van der Waals surface area contributed by atoms with Crippen LogP contribution >= 0.6 is 0 Å². The number of anilines is 1. The number of alkyl carbamates (subject to hydrolysis) is 1. The van der Waals surface area contributed by atoms with E-state index in [-0.39, 0.29) is 13.0 Å². The van der Waals surface area contributed by atoms with E-state index in [4.69, 9.17) is 14.2 Å². The van der Waals surface area contributed by atoms with Crippen LogP contribution in [0.25, 0.3) is 10.8 Å². The molecule has 0 heterocycles. The van der Waals surface area contributed by atoms with Gasteiger partial charge in [-0.25, -0.2) is 14.4 Å². The molecule has 0 saturated carbocycles. The van der Waals surface area contributed by atoms with Crippen LogP contribution in [0.4, 0.5) is 15.3 Å². The second-order valence-corrected chi connectivity index (χ2v) is 9.35. The summed E-state index contributed by atoms with van der Waals surface area (Å²) in [7, 11) is 2.86. The highest BCUT2D eigenvalue weighted by Gasteiger charge is 2.27. The van der Waals surface area contributed by atoms with Gasteiger partial charge in [-0.05, 0) is 54.8 Å². The smallest absolute Gasteiger partial charge is 0.414 e. The lowest BCUT2D eigenvalue weighted by Crippen LogP contribution is -2.43. The number of ether oxygens (including phenoxy) is 3. The Balaban J connectivity index is 1.87. The van der Waals surface area contributed by atoms with Crippen LogP contribution in [0.15, 0.2) is 66.7 Å². The quantitative estimate of drug-likeness (QED) is 0.359. The lowest BCUT2D eigenvalue weighted by atomic mass is 9.98. The highest BCUT2D eigenvalue weighted by atomic mass is 16.6. The molecule has 0 unspecified atom stereocenters. The first-order chi connectivity index (χ1) is 17.1. The van der Waals surface area contributed by atoms with Crippen molar-refractivity contribution < 1.29 is 28.6 Å². The first kappa shape index (κ1) is 26.5. The highest BCUT2D eigenvalue weighted by molar-refractivity contribution is 5.95. The maximum atomic E-state index is 12.8. The van der Waals surface area contributed by atoms with Crippen LogP contribution in [0.3, 0.4) is 0 Å². The van der Waals surface area contributed by atoms with Gasteiger partial charge in [0.25, 0.3) is 0 Å². The summed E-state index contributed by atoms with van der Waals surface area (Å²) >= 11 is 0. The predicted molar refractivity (Wildman–Crippen MR) is 138 cm³/mol. The minimum absolute atomic E-state index is 0.0587. The minimum Gasteiger partial charge on any atom is -0.467 e. The normalized spacial score (nSPS) is 11.9. The van der Waals surface area contributed by atoms with E-state index >= 15 is 0 Å². The van der Waals surface area contributed by atoms with Gasteiger partial charge in [-0.15, -0.1) is 0 Å². The highest BCUT2D eigenvalue weighted by Crippen LogP contribution is 2.29. The van der Waals surface area contributed by atoms with Crippen LogP contribution in [0.5, 0.6) is 0 Å². The van der Waals surface area contributed by atoms with Gasteiger partial charge in [0.05, 0.1) is 12.8 Å². The maximum Gasteiger partial charge on any atom is 0.414 e. The minimum atomic E-state index is -1.04. The Hall–Kier alpha value is -4.07. The summed E-state index contributed by atoms with van der Waals surface area (Å²) in [5.41, 5.74) is 1.34. The molecule has 0 aromatic heterocycles. The molecule has 0 spiro atoms. The third-order valence-electron chi connectivity index (χ3n) is 5.39. The fourth-order valence-corrected chi connectivity index (χ4v) is 3.64. The molecule has 0 radical (unpaired) electrons. The summed E-state index contributed by atoms with van der Waals surface area (Å²) in [6.07, 6.45) is -1.22. The second-order valence-electron chi connectivity index (χ2n) is 9.35. The Bertz CT molecular complexity index is 1220. The van der Waals surface area contributed by atoms with E-state index in [2.05, 4.69) is 5.32 Å². The Morgan fingerprint density at radius 3 is 2.17 bits per heavy atom. The number of benzene rings is 3. The van der Waals surface area contributed by atoms with Crippen molar-refractivity contribution >= 4 is 34.6 Å². The average molecular weight is 493 g/mol. The summed E-state index contributed by atoms with van der Waals surface area (Å²) in [5.74, 6) is -0.634.